The molecule has 6 nitrogen and oxygen atoms in total. The number of sulfone groups is 1. The summed E-state index contributed by atoms with van der Waals surface area (Å²) in [5.74, 6) is 0.697. The second-order valence-electron chi connectivity index (χ2n) is 8.59. The summed E-state index contributed by atoms with van der Waals surface area (Å²) >= 11 is 5.93. The summed E-state index contributed by atoms with van der Waals surface area (Å²) in [6.45, 7) is 0.441. The number of aromatic nitrogens is 1. The molecule has 1 amide bonds. The molecule has 2 bridgehead atoms. The number of pyridine rings is 1. The Morgan fingerprint density at radius 2 is 1.74 bits per heavy atom. The van der Waals surface area contributed by atoms with Gasteiger partial charge in [0, 0.05) is 30.5 Å². The topological polar surface area (TPSA) is 79.4 Å². The summed E-state index contributed by atoms with van der Waals surface area (Å²) in [4.78, 5) is 19.5. The lowest BCUT2D eigenvalue weighted by Gasteiger charge is -2.40. The van der Waals surface area contributed by atoms with Gasteiger partial charge in [0.1, 0.15) is 11.6 Å². The number of carbonyl (C=O) groups is 1. The molecule has 0 atom stereocenters. The van der Waals surface area contributed by atoms with Crippen molar-refractivity contribution in [2.45, 2.75) is 37.5 Å². The molecule has 4 aliphatic rings. The SMILES string of the molecule is O=C(c1cnc(Nc2ccc(F)c(Cl)c2)c2c1C1CCC2CC1)N1CCS(=O)(=O)CC1. The Morgan fingerprint density at radius 3 is 2.39 bits per heavy atom. The fraction of sp³-hybridized carbons (Fsp3) is 0.455. The van der Waals surface area contributed by atoms with Gasteiger partial charge in [-0.25, -0.2) is 17.8 Å². The number of amides is 1. The highest BCUT2D eigenvalue weighted by molar-refractivity contribution is 7.91. The van der Waals surface area contributed by atoms with Gasteiger partial charge in [-0.1, -0.05) is 11.6 Å². The molecule has 2 heterocycles. The van der Waals surface area contributed by atoms with E-state index in [4.69, 9.17) is 11.6 Å². The van der Waals surface area contributed by atoms with Crippen molar-refractivity contribution < 1.29 is 17.6 Å². The molecule has 6 rings (SSSR count). The zero-order valence-corrected chi connectivity index (χ0v) is 18.5. The normalized spacial score (nSPS) is 24.0. The summed E-state index contributed by atoms with van der Waals surface area (Å²) in [5, 5.41) is 3.31. The zero-order chi connectivity index (χ0) is 21.8. The molecule has 0 radical (unpaired) electrons. The number of hydrogen-bond acceptors (Lipinski definition) is 5. The van der Waals surface area contributed by atoms with Gasteiger partial charge in [-0.15, -0.1) is 0 Å². The monoisotopic (exact) mass is 463 g/mol. The number of halogens is 2. The van der Waals surface area contributed by atoms with Gasteiger partial charge < -0.3 is 10.2 Å². The molecule has 0 unspecified atom stereocenters. The maximum atomic E-state index is 13.5. The van der Waals surface area contributed by atoms with E-state index in [1.165, 1.54) is 12.1 Å². The van der Waals surface area contributed by atoms with E-state index in [1.807, 2.05) is 0 Å². The predicted octanol–water partition coefficient (Wildman–Crippen LogP) is 4.24. The third-order valence-electron chi connectivity index (χ3n) is 6.75. The Balaban J connectivity index is 1.52. The molecule has 0 spiro atoms. The van der Waals surface area contributed by atoms with Crippen molar-refractivity contribution in [1.29, 1.82) is 0 Å². The second kappa shape index (κ2) is 7.74. The molecule has 1 saturated heterocycles. The Bertz CT molecular complexity index is 1150. The third-order valence-corrected chi connectivity index (χ3v) is 8.65. The van der Waals surface area contributed by atoms with Crippen LogP contribution in [-0.4, -0.2) is 48.8 Å². The number of rotatable bonds is 3. The highest BCUT2D eigenvalue weighted by Gasteiger charge is 2.39. The first-order valence-electron chi connectivity index (χ1n) is 10.6. The number of nitrogens with one attached hydrogen (secondary N) is 1. The third kappa shape index (κ3) is 3.80. The average Bonchev–Trinajstić information content (AvgIpc) is 2.77. The second-order valence-corrected chi connectivity index (χ2v) is 11.3. The quantitative estimate of drug-likeness (QED) is 0.736. The number of benzene rings is 1. The van der Waals surface area contributed by atoms with Crippen molar-refractivity contribution in [3.63, 3.8) is 0 Å². The van der Waals surface area contributed by atoms with Crippen molar-refractivity contribution in [2.75, 3.05) is 29.9 Å². The van der Waals surface area contributed by atoms with Crippen LogP contribution < -0.4 is 5.32 Å². The molecule has 1 saturated carbocycles. The molecule has 1 aromatic carbocycles. The van der Waals surface area contributed by atoms with Crippen molar-refractivity contribution >= 4 is 38.9 Å². The standard InChI is InChI=1S/C22H23ClFN3O3S/c23-17-11-15(5-6-18(17)24)26-21-20-14-3-1-13(2-4-14)19(20)16(12-25-21)22(28)27-7-9-31(29,30)10-8-27/h5-6,11-14H,1-4,7-10H2,(H,25,26). The summed E-state index contributed by atoms with van der Waals surface area (Å²) in [7, 11) is -3.06. The Kier molecular flexibility index (Phi) is 5.17. The van der Waals surface area contributed by atoms with Gasteiger partial charge in [0.15, 0.2) is 9.84 Å². The largest absolute Gasteiger partial charge is 0.340 e. The van der Waals surface area contributed by atoms with Gasteiger partial charge in [0.2, 0.25) is 0 Å². The summed E-state index contributed by atoms with van der Waals surface area (Å²) < 4.78 is 37.1. The molecule has 3 aliphatic carbocycles. The lowest BCUT2D eigenvalue weighted by molar-refractivity contribution is 0.0767. The van der Waals surface area contributed by atoms with E-state index in [2.05, 4.69) is 10.3 Å². The summed E-state index contributed by atoms with van der Waals surface area (Å²) in [6, 6.07) is 4.45. The first-order chi connectivity index (χ1) is 14.8. The Labute approximate surface area is 185 Å². The molecule has 9 heteroatoms. The fourth-order valence-corrected chi connectivity index (χ4v) is 6.51. The molecule has 31 heavy (non-hydrogen) atoms. The number of nitrogens with zero attached hydrogens (tertiary/aromatic N) is 2. The van der Waals surface area contributed by atoms with Crippen molar-refractivity contribution in [3.05, 3.63) is 51.9 Å². The van der Waals surface area contributed by atoms with Crippen LogP contribution in [0.5, 0.6) is 0 Å². The number of fused-ring (bicyclic) bond motifs is 2. The van der Waals surface area contributed by atoms with E-state index in [-0.39, 0.29) is 35.5 Å². The minimum absolute atomic E-state index is 0.00534. The van der Waals surface area contributed by atoms with Crippen LogP contribution in [0.2, 0.25) is 5.02 Å². The lowest BCUT2D eigenvalue weighted by Crippen LogP contribution is -2.44. The predicted molar refractivity (Wildman–Crippen MR) is 117 cm³/mol. The Hall–Kier alpha value is -2.19. The van der Waals surface area contributed by atoms with Gasteiger partial charge in [-0.2, -0.15) is 0 Å². The molecule has 1 aromatic heterocycles. The van der Waals surface area contributed by atoms with Crippen LogP contribution in [0, 0.1) is 5.82 Å². The summed E-state index contributed by atoms with van der Waals surface area (Å²) in [6.07, 6.45) is 5.80. The molecular formula is C22H23ClFN3O3S. The van der Waals surface area contributed by atoms with Crippen LogP contribution >= 0.6 is 11.6 Å². The van der Waals surface area contributed by atoms with Gasteiger partial charge in [0.25, 0.3) is 5.91 Å². The Morgan fingerprint density at radius 1 is 1.10 bits per heavy atom. The summed E-state index contributed by atoms with van der Waals surface area (Å²) in [5.41, 5.74) is 3.35. The molecule has 1 N–H and O–H groups in total. The van der Waals surface area contributed by atoms with Crippen LogP contribution in [-0.2, 0) is 9.84 Å². The molecule has 164 valence electrons. The van der Waals surface area contributed by atoms with E-state index in [9.17, 15) is 17.6 Å². The number of anilines is 2. The van der Waals surface area contributed by atoms with Crippen LogP contribution in [0.4, 0.5) is 15.9 Å². The van der Waals surface area contributed by atoms with Gasteiger partial charge in [-0.3, -0.25) is 4.79 Å². The van der Waals surface area contributed by atoms with Gasteiger partial charge >= 0.3 is 0 Å². The molecule has 2 aromatic rings. The maximum absolute atomic E-state index is 13.5. The molecular weight excluding hydrogens is 441 g/mol. The van der Waals surface area contributed by atoms with E-state index in [1.54, 1.807) is 17.2 Å². The smallest absolute Gasteiger partial charge is 0.255 e. The number of carbonyl (C=O) groups excluding carboxylic acids is 1. The van der Waals surface area contributed by atoms with Crippen molar-refractivity contribution in [2.24, 2.45) is 0 Å². The average molecular weight is 464 g/mol. The first-order valence-corrected chi connectivity index (χ1v) is 12.8. The van der Waals surface area contributed by atoms with E-state index in [0.717, 1.165) is 36.8 Å². The van der Waals surface area contributed by atoms with E-state index in [0.29, 0.717) is 28.9 Å². The van der Waals surface area contributed by atoms with Gasteiger partial charge in [-0.05, 0) is 61.3 Å². The minimum atomic E-state index is -3.06. The van der Waals surface area contributed by atoms with Crippen LogP contribution in [0.3, 0.4) is 0 Å². The minimum Gasteiger partial charge on any atom is -0.340 e. The lowest BCUT2D eigenvalue weighted by atomic mass is 9.66. The van der Waals surface area contributed by atoms with Crippen LogP contribution in [0.1, 0.15) is 59.0 Å². The maximum Gasteiger partial charge on any atom is 0.255 e. The highest BCUT2D eigenvalue weighted by Crippen LogP contribution is 2.52. The highest BCUT2D eigenvalue weighted by atomic mass is 35.5. The van der Waals surface area contributed by atoms with E-state index < -0.39 is 15.7 Å². The molecule has 2 fully saturated rings. The first kappa shape index (κ1) is 20.7. The van der Waals surface area contributed by atoms with Crippen molar-refractivity contribution in [3.8, 4) is 0 Å². The fourth-order valence-electron chi connectivity index (χ4n) is 5.13. The van der Waals surface area contributed by atoms with Crippen LogP contribution in [0.25, 0.3) is 0 Å². The van der Waals surface area contributed by atoms with Crippen molar-refractivity contribution in [1.82, 2.24) is 9.88 Å². The van der Waals surface area contributed by atoms with Crippen LogP contribution in [0.15, 0.2) is 24.4 Å². The zero-order valence-electron chi connectivity index (χ0n) is 16.9. The molecule has 1 aliphatic heterocycles. The van der Waals surface area contributed by atoms with Gasteiger partial charge in [0.05, 0.1) is 22.1 Å². The number of hydrogen-bond donors (Lipinski definition) is 1. The van der Waals surface area contributed by atoms with E-state index >= 15 is 0 Å².